The quantitative estimate of drug-likeness (QED) is 0.666. The molecule has 8 heteroatoms. The molecule has 33 heavy (non-hydrogen) atoms. The van der Waals surface area contributed by atoms with E-state index in [4.69, 9.17) is 7.48 Å². The van der Waals surface area contributed by atoms with Crippen molar-refractivity contribution in [2.75, 3.05) is 38.1 Å². The van der Waals surface area contributed by atoms with Crippen LogP contribution in [0.1, 0.15) is 34.8 Å². The van der Waals surface area contributed by atoms with Crippen LogP contribution < -0.4 is 5.32 Å². The zero-order valence-corrected chi connectivity index (χ0v) is 18.4. The minimum absolute atomic E-state index is 0.0648. The normalized spacial score (nSPS) is 31.8. The van der Waals surface area contributed by atoms with Crippen molar-refractivity contribution in [3.05, 3.63) is 41.7 Å². The third-order valence-electron chi connectivity index (χ3n) is 8.05. The Balaban J connectivity index is 1.06. The third-order valence-corrected chi connectivity index (χ3v) is 8.05. The highest BCUT2D eigenvalue weighted by atomic mass is 19.2. The smallest absolute Gasteiger partial charge is 0.168 e. The number of hydrogen-bond acceptors (Lipinski definition) is 5. The fraction of sp³-hybridized carbons (Fsp3) is 0.600. The molecule has 1 spiro atoms. The lowest BCUT2D eigenvalue weighted by Gasteiger charge is -2.25. The van der Waals surface area contributed by atoms with Crippen LogP contribution in [0.5, 0.6) is 0 Å². The molecule has 176 valence electrons. The van der Waals surface area contributed by atoms with E-state index < -0.39 is 23.9 Å². The molecule has 2 saturated carbocycles. The summed E-state index contributed by atoms with van der Waals surface area (Å²) < 4.78 is 64.3. The highest BCUT2D eigenvalue weighted by Gasteiger charge is 2.55. The largest absolute Gasteiger partial charge is 0.381 e. The van der Waals surface area contributed by atoms with E-state index in [0.717, 1.165) is 64.5 Å². The van der Waals surface area contributed by atoms with Crippen molar-refractivity contribution in [1.29, 1.82) is 0 Å². The highest BCUT2D eigenvalue weighted by Crippen LogP contribution is 2.59. The van der Waals surface area contributed by atoms with Crippen LogP contribution in [0.4, 0.5) is 19.0 Å². The predicted molar refractivity (Wildman–Crippen MR) is 118 cm³/mol. The fourth-order valence-corrected chi connectivity index (χ4v) is 6.11. The third kappa shape index (κ3) is 4.12. The van der Waals surface area contributed by atoms with Gasteiger partial charge in [0.2, 0.25) is 0 Å². The van der Waals surface area contributed by atoms with Gasteiger partial charge in [-0.05, 0) is 73.5 Å². The Labute approximate surface area is 194 Å². The Morgan fingerprint density at radius 3 is 2.55 bits per heavy atom. The van der Waals surface area contributed by atoms with Crippen LogP contribution in [0.25, 0.3) is 11.3 Å². The molecular formula is C25H29F3N4O. The number of aromatic nitrogens is 2. The molecule has 1 aromatic carbocycles. The van der Waals surface area contributed by atoms with Crippen LogP contribution in [-0.2, 0) is 4.74 Å². The second-order valence-corrected chi connectivity index (χ2v) is 10.2. The van der Waals surface area contributed by atoms with E-state index in [2.05, 4.69) is 20.4 Å². The Hall–Kier alpha value is -2.19. The minimum Gasteiger partial charge on any atom is -0.381 e. The summed E-state index contributed by atoms with van der Waals surface area (Å²) in [6.07, 6.45) is 4.78. The molecular weight excluding hydrogens is 429 g/mol. The van der Waals surface area contributed by atoms with Crippen molar-refractivity contribution >= 4 is 5.82 Å². The standard InChI is InChI=1S/C25H29F3N4O/c26-18-9-20(24(28)21(27)10-18)22-1-2-23(31-30-22)29-19-7-15-12-32(13-16(15)8-19)14-17-11-25(17)3-5-33-6-4-25/h1-2,9-10,15-17,19H,3-8,11-14H2,(H,29,31)/t15-,16+,17-,19?/m0/s1/i14D2. The minimum atomic E-state index is -1.27. The van der Waals surface area contributed by atoms with Crippen molar-refractivity contribution in [2.24, 2.45) is 23.2 Å². The number of nitrogens with one attached hydrogen (secondary N) is 1. The van der Waals surface area contributed by atoms with E-state index in [1.807, 2.05) is 0 Å². The van der Waals surface area contributed by atoms with Crippen LogP contribution >= 0.6 is 0 Å². The molecule has 1 aromatic heterocycles. The van der Waals surface area contributed by atoms with E-state index in [0.29, 0.717) is 23.7 Å². The second kappa shape index (κ2) is 8.24. The lowest BCUT2D eigenvalue weighted by molar-refractivity contribution is 0.0497. The zero-order valence-electron chi connectivity index (χ0n) is 20.4. The summed E-state index contributed by atoms with van der Waals surface area (Å²) in [5.74, 6) is -1.78. The van der Waals surface area contributed by atoms with Gasteiger partial charge in [-0.3, -0.25) is 0 Å². The number of benzene rings is 1. The lowest BCUT2D eigenvalue weighted by Crippen LogP contribution is -2.29. The van der Waals surface area contributed by atoms with Gasteiger partial charge in [0.1, 0.15) is 11.6 Å². The van der Waals surface area contributed by atoms with E-state index in [1.54, 1.807) is 6.07 Å². The summed E-state index contributed by atoms with van der Waals surface area (Å²) in [6, 6.07) is 4.75. The van der Waals surface area contributed by atoms with Gasteiger partial charge in [-0.2, -0.15) is 0 Å². The van der Waals surface area contributed by atoms with Gasteiger partial charge in [0, 0.05) is 53.2 Å². The zero-order chi connectivity index (χ0) is 24.4. The van der Waals surface area contributed by atoms with E-state index in [-0.39, 0.29) is 28.6 Å². The van der Waals surface area contributed by atoms with Crippen molar-refractivity contribution in [3.63, 3.8) is 0 Å². The molecule has 0 bridgehead atoms. The van der Waals surface area contributed by atoms with Gasteiger partial charge in [-0.25, -0.2) is 13.2 Å². The molecule has 2 aliphatic heterocycles. The summed E-state index contributed by atoms with van der Waals surface area (Å²) in [5.41, 5.74) is -0.0475. The number of ether oxygens (including phenoxy) is 1. The Morgan fingerprint density at radius 1 is 1.09 bits per heavy atom. The van der Waals surface area contributed by atoms with Gasteiger partial charge in [0.25, 0.3) is 0 Å². The summed E-state index contributed by atoms with van der Waals surface area (Å²) >= 11 is 0. The van der Waals surface area contributed by atoms with E-state index >= 15 is 0 Å². The first-order valence-electron chi connectivity index (χ1n) is 12.8. The average molecular weight is 461 g/mol. The molecule has 0 radical (unpaired) electrons. The first kappa shape index (κ1) is 19.2. The molecule has 4 aliphatic rings. The van der Waals surface area contributed by atoms with Crippen molar-refractivity contribution in [3.8, 4) is 11.3 Å². The maximum Gasteiger partial charge on any atom is 0.168 e. The highest BCUT2D eigenvalue weighted by molar-refractivity contribution is 5.60. The monoisotopic (exact) mass is 460 g/mol. The molecule has 1 unspecified atom stereocenters. The summed E-state index contributed by atoms with van der Waals surface area (Å²) in [7, 11) is 0. The first-order chi connectivity index (χ1) is 16.7. The van der Waals surface area contributed by atoms with E-state index in [9.17, 15) is 13.2 Å². The Kier molecular flexibility index (Phi) is 4.78. The van der Waals surface area contributed by atoms with Crippen LogP contribution in [0.3, 0.4) is 0 Å². The maximum absolute atomic E-state index is 14.0. The molecule has 1 N–H and O–H groups in total. The molecule has 3 heterocycles. The SMILES string of the molecule is [2H]C([2H])([C@@H]1CC12CCOCC2)N1C[C@H]2CC(Nc3ccc(-c4cc(F)cc(F)c4F)nn3)C[C@H]2C1. The van der Waals surface area contributed by atoms with Crippen molar-refractivity contribution < 1.29 is 20.6 Å². The average Bonchev–Trinajstić information content (AvgIpc) is 3.17. The van der Waals surface area contributed by atoms with Crippen LogP contribution in [0.2, 0.25) is 0 Å². The predicted octanol–water partition coefficient (Wildman–Crippen LogP) is 4.50. The number of halogens is 3. The number of likely N-dealkylation sites (tertiary alicyclic amines) is 1. The maximum atomic E-state index is 14.0. The second-order valence-electron chi connectivity index (χ2n) is 10.2. The topological polar surface area (TPSA) is 50.3 Å². The molecule has 5 nitrogen and oxygen atoms in total. The van der Waals surface area contributed by atoms with Gasteiger partial charge in [-0.15, -0.1) is 10.2 Å². The summed E-state index contributed by atoms with van der Waals surface area (Å²) in [4.78, 5) is 2.08. The van der Waals surface area contributed by atoms with Gasteiger partial charge < -0.3 is 15.0 Å². The molecule has 2 aliphatic carbocycles. The lowest BCUT2D eigenvalue weighted by atomic mass is 9.94. The summed E-state index contributed by atoms with van der Waals surface area (Å²) in [5, 5.41) is 11.4. The van der Waals surface area contributed by atoms with Gasteiger partial charge in [-0.1, -0.05) is 0 Å². The van der Waals surface area contributed by atoms with Crippen molar-refractivity contribution in [1.82, 2.24) is 15.1 Å². The van der Waals surface area contributed by atoms with Gasteiger partial charge >= 0.3 is 0 Å². The molecule has 2 aromatic rings. The number of anilines is 1. The van der Waals surface area contributed by atoms with Crippen LogP contribution in [-0.4, -0.2) is 53.9 Å². The van der Waals surface area contributed by atoms with Gasteiger partial charge in [0.05, 0.1) is 5.69 Å². The van der Waals surface area contributed by atoms with Gasteiger partial charge in [0.15, 0.2) is 11.6 Å². The van der Waals surface area contributed by atoms with Crippen molar-refractivity contribution in [2.45, 2.75) is 38.1 Å². The first-order valence-corrected chi connectivity index (χ1v) is 11.8. The molecule has 4 fully saturated rings. The summed E-state index contributed by atoms with van der Waals surface area (Å²) in [6.45, 7) is 1.78. The Bertz CT molecular complexity index is 1100. The Morgan fingerprint density at radius 2 is 1.85 bits per heavy atom. The van der Waals surface area contributed by atoms with Crippen LogP contribution in [0.15, 0.2) is 24.3 Å². The molecule has 2 saturated heterocycles. The van der Waals surface area contributed by atoms with E-state index in [1.165, 1.54) is 6.07 Å². The number of rotatable bonds is 5. The molecule has 6 rings (SSSR count). The van der Waals surface area contributed by atoms with Crippen LogP contribution in [0, 0.1) is 40.6 Å². The molecule has 4 atom stereocenters. The fourth-order valence-electron chi connectivity index (χ4n) is 6.11. The number of hydrogen-bond donors (Lipinski definition) is 1. The number of fused-ring (bicyclic) bond motifs is 1. The number of nitrogens with zero attached hydrogens (tertiary/aromatic N) is 3. The molecule has 0 amide bonds.